The van der Waals surface area contributed by atoms with E-state index >= 15 is 0 Å². The Bertz CT molecular complexity index is 804. The molecule has 176 valence electrons. The van der Waals surface area contributed by atoms with Gasteiger partial charge >= 0.3 is 0 Å². The zero-order chi connectivity index (χ0) is 23.0. The predicted octanol–water partition coefficient (Wildman–Crippen LogP) is 4.34. The van der Waals surface area contributed by atoms with Gasteiger partial charge in [-0.15, -0.1) is 11.6 Å². The molecule has 2 atom stereocenters. The Hall–Kier alpha value is -1.79. The Labute approximate surface area is 197 Å². The van der Waals surface area contributed by atoms with Gasteiger partial charge in [-0.1, -0.05) is 45.0 Å². The van der Waals surface area contributed by atoms with Gasteiger partial charge in [0, 0.05) is 36.8 Å². The number of aliphatic hydroxyl groups is 1. The number of halogens is 1. The first kappa shape index (κ1) is 24.8. The molecule has 0 bridgehead atoms. The number of β-amino-alcohol motifs (C(OH)–C–C–N with tert-alkyl or cyclic N) is 1. The molecule has 1 aliphatic heterocycles. The number of rotatable bonds is 11. The highest BCUT2D eigenvalue weighted by atomic mass is 35.5. The van der Waals surface area contributed by atoms with E-state index in [2.05, 4.69) is 49.9 Å². The minimum Gasteiger partial charge on any atom is -0.493 e. The SMILES string of the molecule is C[C@@H](CCl)COc1ccc(C(C)(C)c2ccc(OC[C@H](O)CN3CCOCC3)cc2)cc1. The van der Waals surface area contributed by atoms with Gasteiger partial charge in [0.1, 0.15) is 24.2 Å². The number of nitrogens with zero attached hydrogens (tertiary/aromatic N) is 1. The van der Waals surface area contributed by atoms with Crippen molar-refractivity contribution in [3.05, 3.63) is 59.7 Å². The van der Waals surface area contributed by atoms with Crippen LogP contribution in [0.2, 0.25) is 0 Å². The second-order valence-corrected chi connectivity index (χ2v) is 9.43. The van der Waals surface area contributed by atoms with Crippen molar-refractivity contribution in [1.82, 2.24) is 4.90 Å². The minimum atomic E-state index is -0.516. The molecular formula is C26H36ClNO4. The number of morpholine rings is 1. The molecule has 32 heavy (non-hydrogen) atoms. The third kappa shape index (κ3) is 7.11. The van der Waals surface area contributed by atoms with E-state index in [4.69, 9.17) is 25.8 Å². The van der Waals surface area contributed by atoms with Crippen LogP contribution < -0.4 is 9.47 Å². The number of alkyl halides is 1. The standard InChI is InChI=1S/C26H36ClNO4/c1-20(16-27)18-31-24-8-4-21(5-9-24)26(2,3)22-6-10-25(11-7-22)32-19-23(29)17-28-12-14-30-15-13-28/h4-11,20,23,29H,12-19H2,1-3H3/t20-,23+/m0/s1. The fourth-order valence-corrected chi connectivity index (χ4v) is 3.80. The predicted molar refractivity (Wildman–Crippen MR) is 129 cm³/mol. The molecule has 0 unspecified atom stereocenters. The Morgan fingerprint density at radius 3 is 1.94 bits per heavy atom. The molecule has 0 aliphatic carbocycles. The largest absolute Gasteiger partial charge is 0.493 e. The van der Waals surface area contributed by atoms with Gasteiger partial charge in [-0.05, 0) is 35.4 Å². The second kappa shape index (κ2) is 11.9. The summed E-state index contributed by atoms with van der Waals surface area (Å²) in [5.41, 5.74) is 2.25. The van der Waals surface area contributed by atoms with Crippen molar-refractivity contribution >= 4 is 11.6 Å². The van der Waals surface area contributed by atoms with Gasteiger partial charge in [-0.2, -0.15) is 0 Å². The molecule has 6 heteroatoms. The average molecular weight is 462 g/mol. The van der Waals surface area contributed by atoms with E-state index in [0.29, 0.717) is 24.9 Å². The van der Waals surface area contributed by atoms with Crippen LogP contribution in [0.5, 0.6) is 11.5 Å². The first-order valence-electron chi connectivity index (χ1n) is 11.4. The van der Waals surface area contributed by atoms with Crippen LogP contribution in [0, 0.1) is 5.92 Å². The molecule has 2 aromatic carbocycles. The van der Waals surface area contributed by atoms with Crippen LogP contribution in [-0.4, -0.2) is 68.1 Å². The maximum absolute atomic E-state index is 10.3. The molecule has 0 saturated carbocycles. The number of ether oxygens (including phenoxy) is 3. The average Bonchev–Trinajstić information content (AvgIpc) is 2.82. The summed E-state index contributed by atoms with van der Waals surface area (Å²) in [7, 11) is 0. The molecule has 1 fully saturated rings. The zero-order valence-corrected chi connectivity index (χ0v) is 20.2. The molecular weight excluding hydrogens is 426 g/mol. The normalized spacial score (nSPS) is 17.0. The van der Waals surface area contributed by atoms with Gasteiger partial charge in [-0.3, -0.25) is 4.90 Å². The zero-order valence-electron chi connectivity index (χ0n) is 19.4. The smallest absolute Gasteiger partial charge is 0.119 e. The molecule has 2 aromatic rings. The fourth-order valence-electron chi connectivity index (χ4n) is 3.71. The molecule has 0 aromatic heterocycles. The first-order chi connectivity index (χ1) is 15.4. The van der Waals surface area contributed by atoms with Gasteiger partial charge in [0.2, 0.25) is 0 Å². The molecule has 5 nitrogen and oxygen atoms in total. The molecule has 0 amide bonds. The van der Waals surface area contributed by atoms with Crippen molar-refractivity contribution in [2.45, 2.75) is 32.3 Å². The lowest BCUT2D eigenvalue weighted by Crippen LogP contribution is -2.42. The molecule has 1 saturated heterocycles. The lowest BCUT2D eigenvalue weighted by Gasteiger charge is -2.28. The highest BCUT2D eigenvalue weighted by Crippen LogP contribution is 2.33. The highest BCUT2D eigenvalue weighted by molar-refractivity contribution is 6.18. The molecule has 1 aliphatic rings. The molecule has 1 N–H and O–H groups in total. The van der Waals surface area contributed by atoms with Crippen LogP contribution in [0.1, 0.15) is 31.9 Å². The number of hydrogen-bond acceptors (Lipinski definition) is 5. The summed E-state index contributed by atoms with van der Waals surface area (Å²) in [5, 5.41) is 10.3. The number of aliphatic hydroxyl groups excluding tert-OH is 1. The number of benzene rings is 2. The van der Waals surface area contributed by atoms with Gasteiger partial charge < -0.3 is 19.3 Å². The Kier molecular flexibility index (Phi) is 9.23. The Balaban J connectivity index is 1.53. The van der Waals surface area contributed by atoms with Crippen LogP contribution in [0.15, 0.2) is 48.5 Å². The first-order valence-corrected chi connectivity index (χ1v) is 11.9. The summed E-state index contributed by atoms with van der Waals surface area (Å²) in [6.45, 7) is 11.2. The van der Waals surface area contributed by atoms with Crippen molar-refractivity contribution in [1.29, 1.82) is 0 Å². The number of hydrogen-bond donors (Lipinski definition) is 1. The highest BCUT2D eigenvalue weighted by Gasteiger charge is 2.23. The quantitative estimate of drug-likeness (QED) is 0.504. The van der Waals surface area contributed by atoms with Crippen LogP contribution >= 0.6 is 11.6 Å². The lowest BCUT2D eigenvalue weighted by atomic mass is 9.78. The van der Waals surface area contributed by atoms with E-state index in [1.165, 1.54) is 11.1 Å². The van der Waals surface area contributed by atoms with E-state index in [1.807, 2.05) is 24.3 Å². The van der Waals surface area contributed by atoms with E-state index in [9.17, 15) is 5.11 Å². The van der Waals surface area contributed by atoms with E-state index in [0.717, 1.165) is 37.8 Å². The fraction of sp³-hybridized carbons (Fsp3) is 0.538. The van der Waals surface area contributed by atoms with Gasteiger partial charge in [0.25, 0.3) is 0 Å². The van der Waals surface area contributed by atoms with Gasteiger partial charge in [0.15, 0.2) is 0 Å². The van der Waals surface area contributed by atoms with Crippen molar-refractivity contribution in [3.8, 4) is 11.5 Å². The van der Waals surface area contributed by atoms with Crippen molar-refractivity contribution < 1.29 is 19.3 Å². The summed E-state index contributed by atoms with van der Waals surface area (Å²) in [5.74, 6) is 2.55. The third-order valence-electron chi connectivity index (χ3n) is 5.96. The summed E-state index contributed by atoms with van der Waals surface area (Å²) < 4.78 is 17.0. The Morgan fingerprint density at radius 2 is 1.44 bits per heavy atom. The summed E-state index contributed by atoms with van der Waals surface area (Å²) in [6.07, 6.45) is -0.516. The summed E-state index contributed by atoms with van der Waals surface area (Å²) in [4.78, 5) is 2.21. The molecule has 1 heterocycles. The van der Waals surface area contributed by atoms with Crippen molar-refractivity contribution in [3.63, 3.8) is 0 Å². The lowest BCUT2D eigenvalue weighted by molar-refractivity contribution is 0.00465. The topological polar surface area (TPSA) is 51.2 Å². The van der Waals surface area contributed by atoms with E-state index < -0.39 is 6.10 Å². The monoisotopic (exact) mass is 461 g/mol. The van der Waals surface area contributed by atoms with E-state index in [-0.39, 0.29) is 12.0 Å². The van der Waals surface area contributed by atoms with Crippen LogP contribution in [-0.2, 0) is 10.2 Å². The van der Waals surface area contributed by atoms with Gasteiger partial charge in [-0.25, -0.2) is 0 Å². The van der Waals surface area contributed by atoms with Crippen molar-refractivity contribution in [2.75, 3.05) is 51.9 Å². The molecule has 0 radical (unpaired) electrons. The maximum atomic E-state index is 10.3. The minimum absolute atomic E-state index is 0.156. The molecule has 3 rings (SSSR count). The maximum Gasteiger partial charge on any atom is 0.119 e. The molecule has 0 spiro atoms. The van der Waals surface area contributed by atoms with E-state index in [1.54, 1.807) is 0 Å². The third-order valence-corrected chi connectivity index (χ3v) is 6.49. The Morgan fingerprint density at radius 1 is 0.938 bits per heavy atom. The van der Waals surface area contributed by atoms with Gasteiger partial charge in [0.05, 0.1) is 19.8 Å². The summed E-state index contributed by atoms with van der Waals surface area (Å²) in [6, 6.07) is 16.4. The second-order valence-electron chi connectivity index (χ2n) is 9.12. The van der Waals surface area contributed by atoms with Crippen LogP contribution in [0.4, 0.5) is 0 Å². The van der Waals surface area contributed by atoms with Crippen molar-refractivity contribution in [2.24, 2.45) is 5.92 Å². The summed E-state index contributed by atoms with van der Waals surface area (Å²) >= 11 is 5.85. The van der Waals surface area contributed by atoms with Crippen LogP contribution in [0.3, 0.4) is 0 Å². The van der Waals surface area contributed by atoms with Crippen LogP contribution in [0.25, 0.3) is 0 Å².